The summed E-state index contributed by atoms with van der Waals surface area (Å²) in [6.07, 6.45) is 6.65. The molecule has 2 heterocycles. The Morgan fingerprint density at radius 2 is 1.18 bits per heavy atom. The molecule has 0 aromatic carbocycles. The quantitative estimate of drug-likeness (QED) is 0.767. The molecule has 3 heteroatoms. The average molecular weight is 258 g/mol. The average Bonchev–Trinajstić information content (AvgIpc) is 2.24. The van der Waals surface area contributed by atoms with Crippen LogP contribution in [-0.2, 0) is 9.47 Å². The zero-order valence-corrected chi connectivity index (χ0v) is 12.3. The maximum Gasteiger partial charge on any atom is 0.0697 e. The van der Waals surface area contributed by atoms with Gasteiger partial charge in [0.25, 0.3) is 0 Å². The molecule has 0 radical (unpaired) electrons. The highest BCUT2D eigenvalue weighted by atomic mass is 32.2. The summed E-state index contributed by atoms with van der Waals surface area (Å²) in [7, 11) is 0. The van der Waals surface area contributed by atoms with Crippen LogP contribution in [0.15, 0.2) is 0 Å². The topological polar surface area (TPSA) is 18.5 Å². The fourth-order valence-electron chi connectivity index (χ4n) is 2.95. The lowest BCUT2D eigenvalue weighted by Gasteiger charge is -2.44. The summed E-state index contributed by atoms with van der Waals surface area (Å²) in [5, 5.41) is 1.42. The summed E-state index contributed by atoms with van der Waals surface area (Å²) in [4.78, 5) is 0. The van der Waals surface area contributed by atoms with Crippen molar-refractivity contribution in [2.45, 2.75) is 88.3 Å². The van der Waals surface area contributed by atoms with Gasteiger partial charge in [0.2, 0.25) is 0 Å². The van der Waals surface area contributed by atoms with Crippen molar-refractivity contribution in [2.75, 3.05) is 0 Å². The van der Waals surface area contributed by atoms with Gasteiger partial charge in [0.15, 0.2) is 0 Å². The zero-order valence-electron chi connectivity index (χ0n) is 11.5. The van der Waals surface area contributed by atoms with Gasteiger partial charge in [0.1, 0.15) is 0 Å². The number of hydrogen-bond acceptors (Lipinski definition) is 3. The number of rotatable bonds is 4. The summed E-state index contributed by atoms with van der Waals surface area (Å²) < 4.78 is 12.1. The van der Waals surface area contributed by atoms with Crippen LogP contribution in [-0.4, -0.2) is 34.9 Å². The third-order valence-corrected chi connectivity index (χ3v) is 5.32. The van der Waals surface area contributed by atoms with E-state index >= 15 is 0 Å². The van der Waals surface area contributed by atoms with Crippen LogP contribution in [0.2, 0.25) is 0 Å². The Morgan fingerprint density at radius 1 is 0.765 bits per heavy atom. The fraction of sp³-hybridized carbons (Fsp3) is 1.00. The Balaban J connectivity index is 1.87. The molecule has 0 amide bonds. The maximum atomic E-state index is 6.03. The van der Waals surface area contributed by atoms with Crippen LogP contribution < -0.4 is 0 Å². The third kappa shape index (κ3) is 3.62. The molecular weight excluding hydrogens is 232 g/mol. The predicted molar refractivity (Wildman–Crippen MR) is 73.7 cm³/mol. The van der Waals surface area contributed by atoms with Crippen molar-refractivity contribution < 1.29 is 9.47 Å². The highest BCUT2D eigenvalue weighted by molar-refractivity contribution is 8.00. The van der Waals surface area contributed by atoms with Gasteiger partial charge in [0, 0.05) is 10.5 Å². The van der Waals surface area contributed by atoms with Crippen molar-refractivity contribution >= 4 is 11.8 Å². The molecule has 0 saturated carbocycles. The molecule has 17 heavy (non-hydrogen) atoms. The smallest absolute Gasteiger partial charge is 0.0697 e. The van der Waals surface area contributed by atoms with E-state index < -0.39 is 0 Å². The Kier molecular flexibility index (Phi) is 4.79. The lowest BCUT2D eigenvalue weighted by atomic mass is 9.94. The first-order valence-electron chi connectivity index (χ1n) is 7.02. The first-order chi connectivity index (χ1) is 8.06. The van der Waals surface area contributed by atoms with E-state index in [-0.39, 0.29) is 0 Å². The molecule has 2 aliphatic heterocycles. The molecule has 100 valence electrons. The van der Waals surface area contributed by atoms with Crippen LogP contribution in [0, 0.1) is 0 Å². The third-order valence-electron chi connectivity index (χ3n) is 3.54. The molecule has 2 nitrogen and oxygen atoms in total. The van der Waals surface area contributed by atoms with Gasteiger partial charge < -0.3 is 9.47 Å². The molecule has 0 spiro atoms. The first kappa shape index (κ1) is 13.7. The van der Waals surface area contributed by atoms with Crippen molar-refractivity contribution in [3.63, 3.8) is 0 Å². The van der Waals surface area contributed by atoms with E-state index in [1.165, 1.54) is 25.7 Å². The minimum Gasteiger partial charge on any atom is -0.374 e. The molecule has 0 aromatic rings. The Labute approximate surface area is 110 Å². The number of fused-ring (bicyclic) bond motifs is 2. The molecule has 0 aliphatic carbocycles. The summed E-state index contributed by atoms with van der Waals surface area (Å²) in [6, 6.07) is 0. The largest absolute Gasteiger partial charge is 0.374 e. The fourth-order valence-corrected chi connectivity index (χ4v) is 4.69. The molecule has 2 bridgehead atoms. The highest BCUT2D eigenvalue weighted by Gasteiger charge is 2.40. The van der Waals surface area contributed by atoms with Crippen molar-refractivity contribution in [1.82, 2.24) is 0 Å². The van der Waals surface area contributed by atoms with Crippen molar-refractivity contribution in [2.24, 2.45) is 0 Å². The highest BCUT2D eigenvalue weighted by Crippen LogP contribution is 2.44. The van der Waals surface area contributed by atoms with E-state index in [1.807, 2.05) is 0 Å². The van der Waals surface area contributed by atoms with Crippen molar-refractivity contribution in [3.8, 4) is 0 Å². The normalized spacial score (nSPS) is 37.8. The van der Waals surface area contributed by atoms with Gasteiger partial charge in [-0.3, -0.25) is 0 Å². The van der Waals surface area contributed by atoms with Gasteiger partial charge >= 0.3 is 0 Å². The Bertz CT molecular complexity index is 218. The van der Waals surface area contributed by atoms with E-state index in [9.17, 15) is 0 Å². The van der Waals surface area contributed by atoms with Gasteiger partial charge in [-0.25, -0.2) is 0 Å². The Morgan fingerprint density at radius 3 is 1.53 bits per heavy atom. The molecular formula is C14H26O2S. The molecule has 4 atom stereocenters. The van der Waals surface area contributed by atoms with E-state index in [4.69, 9.17) is 9.47 Å². The monoisotopic (exact) mass is 258 g/mol. The summed E-state index contributed by atoms with van der Waals surface area (Å²) in [5.74, 6) is 0. The molecule has 2 rings (SSSR count). The lowest BCUT2D eigenvalue weighted by Crippen LogP contribution is -2.45. The van der Waals surface area contributed by atoms with Crippen LogP contribution >= 0.6 is 11.8 Å². The molecule has 0 N–H and O–H groups in total. The van der Waals surface area contributed by atoms with Gasteiger partial charge in [-0.15, -0.1) is 11.8 Å². The lowest BCUT2D eigenvalue weighted by molar-refractivity contribution is -0.0366. The van der Waals surface area contributed by atoms with Gasteiger partial charge in [-0.05, 0) is 53.4 Å². The van der Waals surface area contributed by atoms with Crippen LogP contribution in [0.5, 0.6) is 0 Å². The van der Waals surface area contributed by atoms with Crippen LogP contribution in [0.3, 0.4) is 0 Å². The predicted octanol–water partition coefficient (Wildman–Crippen LogP) is 3.63. The molecule has 2 fully saturated rings. The molecule has 2 aliphatic rings. The minimum absolute atomic E-state index is 0.363. The minimum atomic E-state index is 0.363. The number of thioether (sulfide) groups is 1. The van der Waals surface area contributed by atoms with E-state index in [0.29, 0.717) is 34.9 Å². The number of ether oxygens (including phenoxy) is 2. The standard InChI is InChI=1S/C14H26O2S/c1-9(2)15-11-5-7-14-12(16-10(3)4)6-8-13(11)17-14/h9-14H,5-8H2,1-4H3/t11-,12-,13+,14+/m1/s1. The van der Waals surface area contributed by atoms with E-state index in [2.05, 4.69) is 39.5 Å². The summed E-state index contributed by atoms with van der Waals surface area (Å²) in [6.45, 7) is 8.57. The summed E-state index contributed by atoms with van der Waals surface area (Å²) >= 11 is 2.12. The second kappa shape index (κ2) is 5.94. The Hall–Kier alpha value is 0.270. The van der Waals surface area contributed by atoms with Crippen molar-refractivity contribution in [1.29, 1.82) is 0 Å². The zero-order chi connectivity index (χ0) is 12.4. The van der Waals surface area contributed by atoms with Crippen LogP contribution in [0.4, 0.5) is 0 Å². The maximum absolute atomic E-state index is 6.03. The molecule has 0 aromatic heterocycles. The van der Waals surface area contributed by atoms with Gasteiger partial charge in [-0.2, -0.15) is 0 Å². The van der Waals surface area contributed by atoms with Crippen LogP contribution in [0.25, 0.3) is 0 Å². The first-order valence-corrected chi connectivity index (χ1v) is 7.97. The van der Waals surface area contributed by atoms with Gasteiger partial charge in [-0.1, -0.05) is 0 Å². The SMILES string of the molecule is CC(C)O[C@@H]1CC[C@@H]2S[C@H]1CC[C@H]2OC(C)C. The van der Waals surface area contributed by atoms with E-state index in [1.54, 1.807) is 0 Å². The molecule has 2 saturated heterocycles. The number of hydrogen-bond donors (Lipinski definition) is 0. The summed E-state index contributed by atoms with van der Waals surface area (Å²) in [5.41, 5.74) is 0. The second-order valence-electron chi connectivity index (χ2n) is 5.81. The van der Waals surface area contributed by atoms with Crippen molar-refractivity contribution in [3.05, 3.63) is 0 Å². The van der Waals surface area contributed by atoms with Gasteiger partial charge in [0.05, 0.1) is 24.4 Å². The van der Waals surface area contributed by atoms with E-state index in [0.717, 1.165) is 0 Å². The second-order valence-corrected chi connectivity index (χ2v) is 7.30. The van der Waals surface area contributed by atoms with Crippen LogP contribution in [0.1, 0.15) is 53.4 Å². The molecule has 0 unspecified atom stereocenters.